The summed E-state index contributed by atoms with van der Waals surface area (Å²) in [7, 11) is 0. The Kier molecular flexibility index (Phi) is 42.5. The first kappa shape index (κ1) is 48.1. The Labute approximate surface area is 307 Å². The van der Waals surface area contributed by atoms with Crippen LogP contribution in [-0.4, -0.2) is 37.0 Å². The molecule has 49 heavy (non-hydrogen) atoms. The topological polar surface area (TPSA) is 55.8 Å². The van der Waals surface area contributed by atoms with Crippen molar-refractivity contribution in [2.24, 2.45) is 0 Å². The van der Waals surface area contributed by atoms with Gasteiger partial charge in [0.05, 0.1) is 13.2 Å². The average Bonchev–Trinajstić information content (AvgIpc) is 3.11. The fourth-order valence-electron chi connectivity index (χ4n) is 6.74. The van der Waals surface area contributed by atoms with Crippen LogP contribution in [0.15, 0.2) is 12.2 Å². The van der Waals surface area contributed by atoms with Crippen LogP contribution in [0.1, 0.15) is 245 Å². The third-order valence-corrected chi connectivity index (χ3v) is 10.1. The fourth-order valence-corrected chi connectivity index (χ4v) is 6.74. The van der Waals surface area contributed by atoms with Crippen molar-refractivity contribution in [3.05, 3.63) is 12.2 Å². The minimum absolute atomic E-state index is 0.168. The zero-order valence-corrected chi connectivity index (χ0v) is 33.5. The monoisotopic (exact) mass is 693 g/mol. The van der Waals surface area contributed by atoms with E-state index in [1.807, 2.05) is 0 Å². The fraction of sp³-hybridized carbons (Fsp3) is 0.933. The van der Waals surface area contributed by atoms with Crippen LogP contribution >= 0.6 is 0 Å². The summed E-state index contributed by atoms with van der Waals surface area (Å²) in [4.78, 5) is 12.2. The molecule has 4 heteroatoms. The third kappa shape index (κ3) is 41.4. The van der Waals surface area contributed by atoms with Gasteiger partial charge >= 0.3 is 5.97 Å². The van der Waals surface area contributed by atoms with Crippen molar-refractivity contribution >= 4 is 5.97 Å². The molecule has 1 unspecified atom stereocenters. The molecule has 0 aliphatic heterocycles. The second kappa shape index (κ2) is 43.3. The number of carbonyl (C=O) groups excluding carboxylic acids is 1. The van der Waals surface area contributed by atoms with E-state index in [0.717, 1.165) is 19.3 Å². The van der Waals surface area contributed by atoms with Crippen LogP contribution in [0, 0.1) is 0 Å². The second-order valence-corrected chi connectivity index (χ2v) is 15.1. The quantitative estimate of drug-likeness (QED) is 0.0393. The van der Waals surface area contributed by atoms with E-state index in [4.69, 9.17) is 9.47 Å². The van der Waals surface area contributed by atoms with Crippen LogP contribution in [0.3, 0.4) is 0 Å². The van der Waals surface area contributed by atoms with Crippen molar-refractivity contribution in [3.63, 3.8) is 0 Å². The SMILES string of the molecule is CCCCCCCCC/C=C\CCCCCCCCOCC(CO)OC(=O)CCCCCCCCCCCCCCCCCCCCCC. The van der Waals surface area contributed by atoms with Crippen molar-refractivity contribution in [2.75, 3.05) is 19.8 Å². The van der Waals surface area contributed by atoms with Crippen LogP contribution in [0.2, 0.25) is 0 Å². The molecule has 0 saturated carbocycles. The number of allylic oxidation sites excluding steroid dienone is 2. The Morgan fingerprint density at radius 1 is 0.469 bits per heavy atom. The number of aliphatic hydroxyl groups excluding tert-OH is 1. The van der Waals surface area contributed by atoms with Crippen LogP contribution in [0.25, 0.3) is 0 Å². The van der Waals surface area contributed by atoms with Crippen molar-refractivity contribution in [1.29, 1.82) is 0 Å². The first-order chi connectivity index (χ1) is 24.2. The van der Waals surface area contributed by atoms with E-state index < -0.39 is 6.10 Å². The highest BCUT2D eigenvalue weighted by atomic mass is 16.6. The molecule has 292 valence electrons. The summed E-state index contributed by atoms with van der Waals surface area (Å²) in [6, 6.07) is 0. The highest BCUT2D eigenvalue weighted by molar-refractivity contribution is 5.69. The van der Waals surface area contributed by atoms with Crippen molar-refractivity contribution in [3.8, 4) is 0 Å². The van der Waals surface area contributed by atoms with Crippen molar-refractivity contribution < 1.29 is 19.4 Å². The van der Waals surface area contributed by atoms with Gasteiger partial charge in [0.1, 0.15) is 6.10 Å². The Balaban J connectivity index is 3.38. The Morgan fingerprint density at radius 2 is 0.796 bits per heavy atom. The van der Waals surface area contributed by atoms with E-state index in [9.17, 15) is 9.90 Å². The van der Waals surface area contributed by atoms with Gasteiger partial charge in [0.25, 0.3) is 0 Å². The lowest BCUT2D eigenvalue weighted by Crippen LogP contribution is -2.27. The number of aliphatic hydroxyl groups is 1. The lowest BCUT2D eigenvalue weighted by atomic mass is 10.0. The van der Waals surface area contributed by atoms with E-state index in [0.29, 0.717) is 19.6 Å². The van der Waals surface area contributed by atoms with Crippen molar-refractivity contribution in [1.82, 2.24) is 0 Å². The summed E-state index contributed by atoms with van der Waals surface area (Å²) < 4.78 is 11.2. The molecular weight excluding hydrogens is 604 g/mol. The van der Waals surface area contributed by atoms with Gasteiger partial charge in [-0.05, 0) is 38.5 Å². The Morgan fingerprint density at radius 3 is 1.16 bits per heavy atom. The average molecular weight is 693 g/mol. The summed E-state index contributed by atoms with van der Waals surface area (Å²) >= 11 is 0. The van der Waals surface area contributed by atoms with Gasteiger partial charge in [-0.15, -0.1) is 0 Å². The van der Waals surface area contributed by atoms with Gasteiger partial charge in [0.15, 0.2) is 0 Å². The molecule has 0 amide bonds. The van der Waals surface area contributed by atoms with Crippen LogP contribution < -0.4 is 0 Å². The Hall–Kier alpha value is -0.870. The van der Waals surface area contributed by atoms with Crippen LogP contribution in [0.5, 0.6) is 0 Å². The van der Waals surface area contributed by atoms with Gasteiger partial charge in [0.2, 0.25) is 0 Å². The minimum atomic E-state index is -0.531. The first-order valence-corrected chi connectivity index (χ1v) is 22.3. The van der Waals surface area contributed by atoms with Gasteiger partial charge in [-0.2, -0.15) is 0 Å². The number of hydrogen-bond donors (Lipinski definition) is 1. The molecular formula is C45H88O4. The summed E-state index contributed by atoms with van der Waals surface area (Å²) in [5, 5.41) is 9.60. The van der Waals surface area contributed by atoms with E-state index in [-0.39, 0.29) is 12.6 Å². The van der Waals surface area contributed by atoms with E-state index in [1.54, 1.807) is 0 Å². The number of rotatable bonds is 42. The molecule has 0 heterocycles. The number of hydrogen-bond acceptors (Lipinski definition) is 4. The van der Waals surface area contributed by atoms with Crippen LogP contribution in [-0.2, 0) is 14.3 Å². The molecule has 0 aliphatic carbocycles. The maximum Gasteiger partial charge on any atom is 0.306 e. The zero-order valence-electron chi connectivity index (χ0n) is 33.5. The summed E-state index contributed by atoms with van der Waals surface area (Å²) in [6.07, 6.45) is 51.3. The highest BCUT2D eigenvalue weighted by Crippen LogP contribution is 2.16. The minimum Gasteiger partial charge on any atom is -0.457 e. The second-order valence-electron chi connectivity index (χ2n) is 15.1. The summed E-state index contributed by atoms with van der Waals surface area (Å²) in [5.74, 6) is -0.197. The molecule has 0 aromatic rings. The molecule has 4 nitrogen and oxygen atoms in total. The number of esters is 1. The van der Waals surface area contributed by atoms with Crippen molar-refractivity contribution in [2.45, 2.75) is 251 Å². The molecule has 0 rings (SSSR count). The number of unbranched alkanes of at least 4 members (excludes halogenated alkanes) is 32. The molecule has 0 aliphatic rings. The maximum absolute atomic E-state index is 12.2. The molecule has 0 bridgehead atoms. The predicted octanol–water partition coefficient (Wildman–Crippen LogP) is 14.5. The smallest absolute Gasteiger partial charge is 0.306 e. The standard InChI is InChI=1S/C45H88O4/c1-3-5-7-9-11-13-15-17-19-21-22-23-24-26-28-30-32-34-36-38-40-45(47)49-44(42-46)43-48-41-39-37-35-33-31-29-27-25-20-18-16-14-12-10-8-6-4-2/h20,25,44,46H,3-19,21-24,26-43H2,1-2H3/b25-20-. The summed E-state index contributed by atoms with van der Waals surface area (Å²) in [5.41, 5.74) is 0. The van der Waals surface area contributed by atoms with Gasteiger partial charge < -0.3 is 14.6 Å². The van der Waals surface area contributed by atoms with Gasteiger partial charge in [0, 0.05) is 13.0 Å². The molecule has 0 radical (unpaired) electrons. The molecule has 0 aromatic heterocycles. The highest BCUT2D eigenvalue weighted by Gasteiger charge is 2.13. The first-order valence-electron chi connectivity index (χ1n) is 22.3. The molecule has 0 aromatic carbocycles. The van der Waals surface area contributed by atoms with E-state index >= 15 is 0 Å². The lowest BCUT2D eigenvalue weighted by molar-refractivity contribution is -0.154. The molecule has 0 saturated heterocycles. The molecule has 1 atom stereocenters. The third-order valence-electron chi connectivity index (χ3n) is 10.1. The van der Waals surface area contributed by atoms with Gasteiger partial charge in [-0.3, -0.25) is 4.79 Å². The van der Waals surface area contributed by atoms with Gasteiger partial charge in [-0.1, -0.05) is 212 Å². The molecule has 0 spiro atoms. The Bertz CT molecular complexity index is 648. The van der Waals surface area contributed by atoms with E-state index in [2.05, 4.69) is 26.0 Å². The largest absolute Gasteiger partial charge is 0.457 e. The number of carbonyl (C=O) groups is 1. The molecule has 1 N–H and O–H groups in total. The zero-order chi connectivity index (χ0) is 35.6. The van der Waals surface area contributed by atoms with Gasteiger partial charge in [-0.25, -0.2) is 0 Å². The maximum atomic E-state index is 12.2. The number of ether oxygens (including phenoxy) is 2. The summed E-state index contributed by atoms with van der Waals surface area (Å²) in [6.45, 7) is 5.38. The predicted molar refractivity (Wildman–Crippen MR) is 214 cm³/mol. The van der Waals surface area contributed by atoms with Crippen LogP contribution in [0.4, 0.5) is 0 Å². The van der Waals surface area contributed by atoms with E-state index in [1.165, 1.54) is 205 Å². The lowest BCUT2D eigenvalue weighted by Gasteiger charge is -2.15. The normalized spacial score (nSPS) is 12.3. The molecule has 0 fully saturated rings.